The van der Waals surface area contributed by atoms with Crippen LogP contribution in [0.1, 0.15) is 5.82 Å². The summed E-state index contributed by atoms with van der Waals surface area (Å²) in [7, 11) is 0. The molecule has 2 heteroatoms. The molecule has 0 aliphatic rings. The zero-order chi connectivity index (χ0) is 8.39. The van der Waals surface area contributed by atoms with Gasteiger partial charge in [0.1, 0.15) is 5.82 Å². The van der Waals surface area contributed by atoms with Gasteiger partial charge in [-0.05, 0) is 13.0 Å². The average Bonchev–Trinajstić information content (AvgIpc) is 2.17. The van der Waals surface area contributed by atoms with Crippen LogP contribution in [-0.2, 0) is 6.42 Å². The summed E-state index contributed by atoms with van der Waals surface area (Å²) in [4.78, 5) is 8.47. The zero-order valence-electron chi connectivity index (χ0n) is 6.70. The highest BCUT2D eigenvalue weighted by Gasteiger charge is 1.95. The first-order valence-corrected chi connectivity index (χ1v) is 3.90. The Morgan fingerprint density at radius 1 is 1.25 bits per heavy atom. The van der Waals surface area contributed by atoms with Gasteiger partial charge in [-0.15, -0.1) is 0 Å². The standard InChI is InChI=1S/C10H9N2/c1-2-10-11-7-8-5-3-4-6-9(8)12-10/h3-7H,1-2H2. The third kappa shape index (κ3) is 1.16. The van der Waals surface area contributed by atoms with Crippen molar-refractivity contribution in [2.24, 2.45) is 0 Å². The van der Waals surface area contributed by atoms with Gasteiger partial charge in [-0.2, -0.15) is 0 Å². The lowest BCUT2D eigenvalue weighted by atomic mass is 10.2. The first-order valence-electron chi connectivity index (χ1n) is 3.90. The van der Waals surface area contributed by atoms with Gasteiger partial charge in [-0.1, -0.05) is 18.2 Å². The van der Waals surface area contributed by atoms with Crippen molar-refractivity contribution in [3.05, 3.63) is 43.2 Å². The number of hydrogen-bond acceptors (Lipinski definition) is 2. The van der Waals surface area contributed by atoms with Crippen LogP contribution in [0.5, 0.6) is 0 Å². The number of nitrogens with zero attached hydrogens (tertiary/aromatic N) is 2. The Kier molecular flexibility index (Phi) is 1.74. The lowest BCUT2D eigenvalue weighted by Crippen LogP contribution is -1.91. The van der Waals surface area contributed by atoms with Gasteiger partial charge in [0.15, 0.2) is 0 Å². The van der Waals surface area contributed by atoms with Crippen LogP contribution >= 0.6 is 0 Å². The molecule has 0 aliphatic heterocycles. The minimum Gasteiger partial charge on any atom is -0.241 e. The van der Waals surface area contributed by atoms with E-state index in [2.05, 4.69) is 16.9 Å². The van der Waals surface area contributed by atoms with E-state index in [-0.39, 0.29) is 0 Å². The normalized spacial score (nSPS) is 10.4. The zero-order valence-corrected chi connectivity index (χ0v) is 6.70. The minimum absolute atomic E-state index is 0.644. The van der Waals surface area contributed by atoms with Crippen LogP contribution in [0.3, 0.4) is 0 Å². The van der Waals surface area contributed by atoms with Crippen LogP contribution in [0.4, 0.5) is 0 Å². The van der Waals surface area contributed by atoms with Crippen molar-refractivity contribution in [1.29, 1.82) is 0 Å². The van der Waals surface area contributed by atoms with E-state index in [0.29, 0.717) is 6.42 Å². The van der Waals surface area contributed by atoms with Crippen LogP contribution < -0.4 is 0 Å². The Morgan fingerprint density at radius 2 is 2.08 bits per heavy atom. The van der Waals surface area contributed by atoms with Gasteiger partial charge >= 0.3 is 0 Å². The van der Waals surface area contributed by atoms with Crippen molar-refractivity contribution < 1.29 is 0 Å². The number of fused-ring (bicyclic) bond motifs is 1. The van der Waals surface area contributed by atoms with Crippen LogP contribution in [0.2, 0.25) is 0 Å². The summed E-state index contributed by atoms with van der Waals surface area (Å²) < 4.78 is 0. The SMILES string of the molecule is [CH2]Cc1ncc2ccccc2n1. The van der Waals surface area contributed by atoms with Gasteiger partial charge in [0.25, 0.3) is 0 Å². The Bertz CT molecular complexity index is 396. The highest BCUT2D eigenvalue weighted by atomic mass is 14.9. The molecule has 1 aromatic carbocycles. The minimum atomic E-state index is 0.644. The molecule has 1 radical (unpaired) electrons. The quantitative estimate of drug-likeness (QED) is 0.632. The summed E-state index contributed by atoms with van der Waals surface area (Å²) in [5, 5.41) is 1.08. The molecule has 0 bridgehead atoms. The van der Waals surface area contributed by atoms with Crippen molar-refractivity contribution in [1.82, 2.24) is 9.97 Å². The van der Waals surface area contributed by atoms with Crippen LogP contribution in [0.15, 0.2) is 30.5 Å². The lowest BCUT2D eigenvalue weighted by molar-refractivity contribution is 1.02. The molecule has 0 amide bonds. The molecular formula is C10H9N2. The number of hydrogen-bond donors (Lipinski definition) is 0. The number of rotatable bonds is 1. The number of benzene rings is 1. The van der Waals surface area contributed by atoms with E-state index in [4.69, 9.17) is 0 Å². The van der Waals surface area contributed by atoms with Crippen LogP contribution in [-0.4, -0.2) is 9.97 Å². The van der Waals surface area contributed by atoms with Gasteiger partial charge in [0.05, 0.1) is 5.52 Å². The third-order valence-corrected chi connectivity index (χ3v) is 1.76. The van der Waals surface area contributed by atoms with Crippen molar-refractivity contribution in [3.8, 4) is 0 Å². The second-order valence-electron chi connectivity index (χ2n) is 2.60. The first kappa shape index (κ1) is 7.22. The van der Waals surface area contributed by atoms with E-state index in [0.717, 1.165) is 16.7 Å². The fraction of sp³-hybridized carbons (Fsp3) is 0.100. The Morgan fingerprint density at radius 3 is 2.92 bits per heavy atom. The van der Waals surface area contributed by atoms with E-state index >= 15 is 0 Å². The van der Waals surface area contributed by atoms with Crippen molar-refractivity contribution >= 4 is 10.9 Å². The summed E-state index contributed by atoms with van der Waals surface area (Å²) in [6.07, 6.45) is 2.48. The van der Waals surface area contributed by atoms with Gasteiger partial charge in [0, 0.05) is 18.0 Å². The first-order chi connectivity index (χ1) is 5.90. The molecule has 12 heavy (non-hydrogen) atoms. The molecule has 2 aromatic rings. The highest BCUT2D eigenvalue weighted by molar-refractivity contribution is 5.77. The van der Waals surface area contributed by atoms with Crippen molar-refractivity contribution in [2.45, 2.75) is 6.42 Å². The highest BCUT2D eigenvalue weighted by Crippen LogP contribution is 2.09. The van der Waals surface area contributed by atoms with Gasteiger partial charge in [0.2, 0.25) is 0 Å². The predicted octanol–water partition coefficient (Wildman–Crippen LogP) is 2.01. The maximum atomic E-state index is 4.32. The fourth-order valence-electron chi connectivity index (χ4n) is 1.13. The summed E-state index contributed by atoms with van der Waals surface area (Å²) in [6, 6.07) is 7.94. The fourth-order valence-corrected chi connectivity index (χ4v) is 1.13. The average molecular weight is 157 g/mol. The molecule has 0 saturated heterocycles. The predicted molar refractivity (Wildman–Crippen MR) is 48.6 cm³/mol. The van der Waals surface area contributed by atoms with E-state index in [1.165, 1.54) is 0 Å². The molecule has 0 fully saturated rings. The molecule has 0 spiro atoms. The third-order valence-electron chi connectivity index (χ3n) is 1.76. The van der Waals surface area contributed by atoms with E-state index in [1.54, 1.807) is 0 Å². The monoisotopic (exact) mass is 157 g/mol. The van der Waals surface area contributed by atoms with Gasteiger partial charge in [-0.3, -0.25) is 0 Å². The second-order valence-corrected chi connectivity index (χ2v) is 2.60. The van der Waals surface area contributed by atoms with Crippen molar-refractivity contribution in [3.63, 3.8) is 0 Å². The van der Waals surface area contributed by atoms with Gasteiger partial charge in [-0.25, -0.2) is 9.97 Å². The molecule has 59 valence electrons. The topological polar surface area (TPSA) is 25.8 Å². The second kappa shape index (κ2) is 2.89. The van der Waals surface area contributed by atoms with E-state index < -0.39 is 0 Å². The van der Waals surface area contributed by atoms with Crippen LogP contribution in [0, 0.1) is 6.92 Å². The molecule has 2 rings (SSSR count). The van der Waals surface area contributed by atoms with Crippen molar-refractivity contribution in [2.75, 3.05) is 0 Å². The summed E-state index contributed by atoms with van der Waals surface area (Å²) >= 11 is 0. The van der Waals surface area contributed by atoms with E-state index in [1.807, 2.05) is 30.5 Å². The van der Waals surface area contributed by atoms with E-state index in [9.17, 15) is 0 Å². The molecule has 0 aliphatic carbocycles. The molecule has 0 unspecified atom stereocenters. The Balaban J connectivity index is 2.67. The molecule has 1 aromatic heterocycles. The smallest absolute Gasteiger partial charge is 0.128 e. The molecule has 2 nitrogen and oxygen atoms in total. The van der Waals surface area contributed by atoms with Gasteiger partial charge < -0.3 is 0 Å². The number of para-hydroxylation sites is 1. The maximum absolute atomic E-state index is 4.32. The maximum Gasteiger partial charge on any atom is 0.128 e. The lowest BCUT2D eigenvalue weighted by Gasteiger charge is -1.97. The summed E-state index contributed by atoms with van der Waals surface area (Å²) in [5.74, 6) is 0.800. The molecule has 0 N–H and O–H groups in total. The largest absolute Gasteiger partial charge is 0.241 e. The molecule has 0 atom stereocenters. The summed E-state index contributed by atoms with van der Waals surface area (Å²) in [5.41, 5.74) is 0.992. The molecule has 1 heterocycles. The Labute approximate surface area is 71.3 Å². The molecular weight excluding hydrogens is 148 g/mol. The van der Waals surface area contributed by atoms with Crippen LogP contribution in [0.25, 0.3) is 10.9 Å². The Hall–Kier alpha value is -1.44. The number of aromatic nitrogens is 2. The summed E-state index contributed by atoms with van der Waals surface area (Å²) in [6.45, 7) is 3.74. The molecule has 0 saturated carbocycles.